The van der Waals surface area contributed by atoms with Crippen molar-refractivity contribution in [1.82, 2.24) is 15.0 Å². The zero-order valence-electron chi connectivity index (χ0n) is 17.2. The van der Waals surface area contributed by atoms with Gasteiger partial charge < -0.3 is 19.9 Å². The molecule has 32 heavy (non-hydrogen) atoms. The molecule has 0 atom stereocenters. The zero-order valence-corrected chi connectivity index (χ0v) is 18.1. The molecule has 1 aromatic carbocycles. The molecule has 4 N–H and O–H groups in total. The lowest BCUT2D eigenvalue weighted by atomic mass is 10.1. The zero-order chi connectivity index (χ0) is 21.9. The van der Waals surface area contributed by atoms with Crippen molar-refractivity contribution >= 4 is 39.9 Å². The van der Waals surface area contributed by atoms with Gasteiger partial charge in [-0.2, -0.15) is 0 Å². The smallest absolute Gasteiger partial charge is 0.259 e. The molecule has 162 valence electrons. The molecule has 9 heteroatoms. The number of hydrogen-bond acceptors (Lipinski definition) is 8. The Morgan fingerprint density at radius 1 is 1.09 bits per heavy atom. The maximum absolute atomic E-state index is 12.6. The largest absolute Gasteiger partial charge is 0.378 e. The molecule has 1 fully saturated rings. The van der Waals surface area contributed by atoms with Gasteiger partial charge in [0.15, 0.2) is 0 Å². The lowest BCUT2D eigenvalue weighted by Gasteiger charge is -2.28. The second kappa shape index (κ2) is 8.99. The minimum absolute atomic E-state index is 0.196. The predicted molar refractivity (Wildman–Crippen MR) is 128 cm³/mol. The number of nitrogens with zero attached hydrogens (tertiary/aromatic N) is 3. The normalized spacial score (nSPS) is 14.0. The maximum atomic E-state index is 12.6. The number of fused-ring (bicyclic) bond motifs is 1. The van der Waals surface area contributed by atoms with E-state index in [9.17, 15) is 4.79 Å². The number of ether oxygens (including phenoxy) is 1. The Labute approximate surface area is 189 Å². The predicted octanol–water partition coefficient (Wildman–Crippen LogP) is 3.53. The van der Waals surface area contributed by atoms with E-state index in [1.165, 1.54) is 0 Å². The lowest BCUT2D eigenvalue weighted by Crippen LogP contribution is -2.36. The fraction of sp³-hybridized carbons (Fsp3) is 0.174. The second-order valence-electron chi connectivity index (χ2n) is 7.43. The van der Waals surface area contributed by atoms with Crippen molar-refractivity contribution in [2.75, 3.05) is 36.5 Å². The van der Waals surface area contributed by atoms with Gasteiger partial charge in [0.25, 0.3) is 5.56 Å². The summed E-state index contributed by atoms with van der Waals surface area (Å²) in [5, 5.41) is 10.3. The van der Waals surface area contributed by atoms with Crippen molar-refractivity contribution in [2.45, 2.75) is 4.90 Å². The van der Waals surface area contributed by atoms with Gasteiger partial charge in [-0.25, -0.2) is 4.98 Å². The molecule has 1 saturated heterocycles. The molecule has 0 unspecified atom stereocenters. The molecule has 5 rings (SSSR count). The average Bonchev–Trinajstić information content (AvgIpc) is 2.85. The molecular weight excluding hydrogens is 424 g/mol. The summed E-state index contributed by atoms with van der Waals surface area (Å²) in [6.07, 6.45) is 5.08. The first-order valence-corrected chi connectivity index (χ1v) is 11.1. The highest BCUT2D eigenvalue weighted by molar-refractivity contribution is 7.97. The SMILES string of the molecule is NSc1cncc(-c2cc3cc[nH]c(=O)c3c(Nc3ccc(N4CCOCC4)cc3)n2)c1. The second-order valence-corrected chi connectivity index (χ2v) is 8.13. The van der Waals surface area contributed by atoms with Gasteiger partial charge in [-0.15, -0.1) is 0 Å². The molecule has 0 radical (unpaired) electrons. The van der Waals surface area contributed by atoms with Gasteiger partial charge in [-0.3, -0.25) is 14.9 Å². The van der Waals surface area contributed by atoms with E-state index in [2.05, 4.69) is 32.3 Å². The van der Waals surface area contributed by atoms with Crippen molar-refractivity contribution in [1.29, 1.82) is 0 Å². The Morgan fingerprint density at radius 2 is 1.91 bits per heavy atom. The molecule has 0 amide bonds. The minimum Gasteiger partial charge on any atom is -0.378 e. The third-order valence-corrected chi connectivity index (χ3v) is 5.90. The van der Waals surface area contributed by atoms with Gasteiger partial charge >= 0.3 is 0 Å². The third-order valence-electron chi connectivity index (χ3n) is 5.41. The Hall–Kier alpha value is -3.40. The Bertz CT molecular complexity index is 1300. The molecular formula is C23H22N6O2S. The molecule has 1 aliphatic rings. The van der Waals surface area contributed by atoms with E-state index in [0.717, 1.165) is 65.5 Å². The monoisotopic (exact) mass is 446 g/mol. The van der Waals surface area contributed by atoms with Crippen LogP contribution < -0.4 is 20.9 Å². The van der Waals surface area contributed by atoms with Crippen LogP contribution in [0.4, 0.5) is 17.2 Å². The summed E-state index contributed by atoms with van der Waals surface area (Å²) < 4.78 is 5.43. The van der Waals surface area contributed by atoms with Crippen LogP contribution in [0.1, 0.15) is 0 Å². The molecule has 0 bridgehead atoms. The van der Waals surface area contributed by atoms with E-state index in [1.807, 2.05) is 30.3 Å². The number of H-pyrrole nitrogens is 1. The molecule has 0 saturated carbocycles. The van der Waals surface area contributed by atoms with E-state index in [-0.39, 0.29) is 5.56 Å². The van der Waals surface area contributed by atoms with Crippen LogP contribution in [0.15, 0.2) is 70.7 Å². The van der Waals surface area contributed by atoms with Gasteiger partial charge in [0, 0.05) is 53.5 Å². The minimum atomic E-state index is -0.196. The Morgan fingerprint density at radius 3 is 2.69 bits per heavy atom. The number of rotatable bonds is 5. The van der Waals surface area contributed by atoms with E-state index in [4.69, 9.17) is 14.9 Å². The summed E-state index contributed by atoms with van der Waals surface area (Å²) in [7, 11) is 0. The highest BCUT2D eigenvalue weighted by atomic mass is 32.2. The van der Waals surface area contributed by atoms with Crippen LogP contribution in [-0.2, 0) is 4.74 Å². The van der Waals surface area contributed by atoms with Crippen LogP contribution >= 0.6 is 11.9 Å². The number of hydrogen-bond donors (Lipinski definition) is 3. The summed E-state index contributed by atoms with van der Waals surface area (Å²) in [6.45, 7) is 3.24. The van der Waals surface area contributed by atoms with Crippen LogP contribution in [-0.4, -0.2) is 41.3 Å². The number of aromatic nitrogens is 3. The summed E-state index contributed by atoms with van der Waals surface area (Å²) in [4.78, 5) is 27.5. The fourth-order valence-corrected chi connectivity index (χ4v) is 4.11. The van der Waals surface area contributed by atoms with Crippen LogP contribution in [0.2, 0.25) is 0 Å². The molecule has 4 heterocycles. The number of anilines is 3. The molecule has 8 nitrogen and oxygen atoms in total. The highest BCUT2D eigenvalue weighted by Crippen LogP contribution is 2.29. The van der Waals surface area contributed by atoms with Gasteiger partial charge in [0.05, 0.1) is 24.3 Å². The van der Waals surface area contributed by atoms with Crippen molar-refractivity contribution in [3.05, 3.63) is 71.4 Å². The van der Waals surface area contributed by atoms with E-state index >= 15 is 0 Å². The van der Waals surface area contributed by atoms with E-state index < -0.39 is 0 Å². The van der Waals surface area contributed by atoms with Crippen molar-refractivity contribution in [3.8, 4) is 11.3 Å². The van der Waals surface area contributed by atoms with Crippen LogP contribution in [0.25, 0.3) is 22.0 Å². The summed E-state index contributed by atoms with van der Waals surface area (Å²) in [6, 6.07) is 13.8. The Kier molecular flexibility index (Phi) is 5.76. The number of morpholine rings is 1. The molecule has 0 spiro atoms. The van der Waals surface area contributed by atoms with Crippen LogP contribution in [0, 0.1) is 0 Å². The summed E-state index contributed by atoms with van der Waals surface area (Å²) in [5.41, 5.74) is 3.33. The Balaban J connectivity index is 1.53. The van der Waals surface area contributed by atoms with E-state index in [1.54, 1.807) is 18.6 Å². The molecule has 3 aromatic heterocycles. The average molecular weight is 447 g/mol. The lowest BCUT2D eigenvalue weighted by molar-refractivity contribution is 0.122. The van der Waals surface area contributed by atoms with Crippen LogP contribution in [0.3, 0.4) is 0 Å². The number of nitrogens with two attached hydrogens (primary N) is 1. The summed E-state index contributed by atoms with van der Waals surface area (Å²) in [5.74, 6) is 0.490. The van der Waals surface area contributed by atoms with Crippen LogP contribution in [0.5, 0.6) is 0 Å². The first kappa shape index (κ1) is 20.5. The number of benzene rings is 1. The highest BCUT2D eigenvalue weighted by Gasteiger charge is 2.14. The standard InChI is InChI=1S/C23H22N6O2S/c24-32-19-11-16(13-25-14-19)20-12-15-5-6-26-23(30)21(15)22(28-20)27-17-1-3-18(4-2-17)29-7-9-31-10-8-29/h1-6,11-14H,7-10,24H2,(H,26,30)(H,27,28). The molecule has 1 aliphatic heterocycles. The number of nitrogens with one attached hydrogen (secondary N) is 2. The number of aromatic amines is 1. The molecule has 0 aliphatic carbocycles. The van der Waals surface area contributed by atoms with Gasteiger partial charge in [-0.05, 0) is 59.8 Å². The van der Waals surface area contributed by atoms with Crippen molar-refractivity contribution < 1.29 is 4.74 Å². The van der Waals surface area contributed by atoms with Crippen molar-refractivity contribution in [3.63, 3.8) is 0 Å². The van der Waals surface area contributed by atoms with Gasteiger partial charge in [0.2, 0.25) is 0 Å². The first-order valence-electron chi connectivity index (χ1n) is 10.3. The number of pyridine rings is 3. The van der Waals surface area contributed by atoms with Crippen molar-refractivity contribution in [2.24, 2.45) is 5.14 Å². The van der Waals surface area contributed by atoms with E-state index in [0.29, 0.717) is 16.9 Å². The first-order chi connectivity index (χ1) is 15.7. The summed E-state index contributed by atoms with van der Waals surface area (Å²) >= 11 is 1.13. The third kappa shape index (κ3) is 4.18. The topological polar surface area (TPSA) is 109 Å². The van der Waals surface area contributed by atoms with Gasteiger partial charge in [-0.1, -0.05) is 0 Å². The molecule has 4 aromatic rings. The quantitative estimate of drug-likeness (QED) is 0.400. The maximum Gasteiger partial charge on any atom is 0.259 e. The fourth-order valence-electron chi connectivity index (χ4n) is 3.79. The van der Waals surface area contributed by atoms with Gasteiger partial charge in [0.1, 0.15) is 5.82 Å².